The van der Waals surface area contributed by atoms with Crippen molar-refractivity contribution in [2.45, 2.75) is 0 Å². The summed E-state index contributed by atoms with van der Waals surface area (Å²) in [6.07, 6.45) is 0. The number of rotatable bonds is 2. The molecule has 5 N–H and O–H groups in total. The average molecular weight is 157 g/mol. The molecule has 0 atom stereocenters. The maximum absolute atomic E-state index is 9.72. The molecule has 0 aromatic heterocycles. The van der Waals surface area contributed by atoms with Crippen LogP contribution in [0.3, 0.4) is 0 Å². The molecule has 8 heteroatoms. The molecule has 0 heterocycles. The maximum atomic E-state index is 9.72. The molecule has 0 unspecified atom stereocenters. The zero-order valence-corrected chi connectivity index (χ0v) is 8.08. The molecule has 0 saturated heterocycles. The molecule has 0 spiro atoms. The van der Waals surface area contributed by atoms with E-state index in [1.807, 2.05) is 0 Å². The van der Waals surface area contributed by atoms with Gasteiger partial charge in [0.05, 0.1) is 0 Å². The Morgan fingerprint density at radius 3 is 2.33 bits per heavy atom. The molecule has 0 aliphatic rings. The van der Waals surface area contributed by atoms with Crippen LogP contribution in [0.5, 0.6) is 0 Å². The van der Waals surface area contributed by atoms with Crippen molar-refractivity contribution in [3.63, 3.8) is 0 Å². The largest absolute Gasteiger partial charge is 1.00 e. The van der Waals surface area contributed by atoms with Crippen molar-refractivity contribution >= 4 is 13.3 Å². The van der Waals surface area contributed by atoms with Crippen molar-refractivity contribution < 1.29 is 66.0 Å². The first-order chi connectivity index (χ1) is 3.63. The number of urea groups is 1. The van der Waals surface area contributed by atoms with E-state index in [-0.39, 0.29) is 51.4 Å². The summed E-state index contributed by atoms with van der Waals surface area (Å²) in [6, 6.07) is -0.948. The van der Waals surface area contributed by atoms with E-state index >= 15 is 0 Å². The van der Waals surface area contributed by atoms with E-state index in [0.717, 1.165) is 0 Å². The van der Waals surface area contributed by atoms with Crippen molar-refractivity contribution in [2.24, 2.45) is 11.4 Å². The van der Waals surface area contributed by atoms with Gasteiger partial charge in [-0.25, -0.2) is 10.3 Å². The molecule has 0 rings (SSSR count). The quantitative estimate of drug-likeness (QED) is 0.273. The van der Waals surface area contributed by atoms with Gasteiger partial charge in [0.1, 0.15) is 0 Å². The zero-order valence-electron chi connectivity index (χ0n) is 4.96. The first-order valence-electron chi connectivity index (χ1n) is 1.75. The third-order valence-corrected chi connectivity index (χ3v) is 0.276. The maximum Gasteiger partial charge on any atom is 1.00 e. The summed E-state index contributed by atoms with van der Waals surface area (Å²) in [5.74, 6) is 0. The van der Waals surface area contributed by atoms with Crippen molar-refractivity contribution in [1.82, 2.24) is 5.48 Å². The second-order valence-electron chi connectivity index (χ2n) is 0.953. The molecule has 0 aromatic carbocycles. The number of carbonyl (C=O) groups excluding carboxylic acids is 1. The number of nitrogens with two attached hydrogens (primary N) is 2. The third-order valence-electron chi connectivity index (χ3n) is 0.276. The standard InChI is InChI=1S/CH5BN3O3.K/c3-1(6)5-8-2(4)7;/h4H2,(H3,3,5,6);/q-1;+1. The van der Waals surface area contributed by atoms with Gasteiger partial charge in [-0.2, -0.15) is 0 Å². The van der Waals surface area contributed by atoms with E-state index in [9.17, 15) is 9.82 Å². The van der Waals surface area contributed by atoms with Crippen LogP contribution in [-0.4, -0.2) is 13.3 Å². The molecule has 0 fully saturated rings. The minimum atomic E-state index is -1.78. The van der Waals surface area contributed by atoms with Crippen LogP contribution < -0.4 is 73.3 Å². The third kappa shape index (κ3) is 12.1. The molecular formula is CH5BKN3O3. The molecule has 0 bridgehead atoms. The molecular weight excluding hydrogens is 152 g/mol. The van der Waals surface area contributed by atoms with E-state index in [4.69, 9.17) is 0 Å². The molecule has 2 amide bonds. The Morgan fingerprint density at radius 1 is 1.78 bits per heavy atom. The summed E-state index contributed by atoms with van der Waals surface area (Å²) in [7, 11) is -1.78. The van der Waals surface area contributed by atoms with E-state index in [2.05, 4.69) is 16.1 Å². The summed E-state index contributed by atoms with van der Waals surface area (Å²) < 4.78 is 3.80. The summed E-state index contributed by atoms with van der Waals surface area (Å²) in [4.78, 5) is 9.70. The smallest absolute Gasteiger partial charge is 0.841 e. The van der Waals surface area contributed by atoms with Gasteiger partial charge in [0.25, 0.3) is 0 Å². The summed E-state index contributed by atoms with van der Waals surface area (Å²) in [6.45, 7) is 0. The fraction of sp³-hybridized carbons (Fsp3) is 0. The Kier molecular flexibility index (Phi) is 9.69. The van der Waals surface area contributed by atoms with Gasteiger partial charge in [-0.1, -0.05) is 0 Å². The summed E-state index contributed by atoms with van der Waals surface area (Å²) in [5.41, 5.74) is 10.5. The van der Waals surface area contributed by atoms with Gasteiger partial charge in [0, 0.05) is 0 Å². The zero-order chi connectivity index (χ0) is 6.57. The SMILES string of the molecule is NB([O-])ONC(N)=O.[K+]. The molecule has 46 valence electrons. The Morgan fingerprint density at radius 2 is 2.22 bits per heavy atom. The number of hydrogen-bond donors (Lipinski definition) is 3. The topological polar surface area (TPSA) is 113 Å². The van der Waals surface area contributed by atoms with E-state index in [1.165, 1.54) is 0 Å². The normalized spacial score (nSPS) is 7.33. The first-order valence-corrected chi connectivity index (χ1v) is 1.75. The van der Waals surface area contributed by atoms with Crippen LogP contribution in [0.2, 0.25) is 0 Å². The molecule has 9 heavy (non-hydrogen) atoms. The number of primary amides is 1. The summed E-state index contributed by atoms with van der Waals surface area (Å²) >= 11 is 0. The van der Waals surface area contributed by atoms with Crippen LogP contribution in [-0.2, 0) is 4.76 Å². The van der Waals surface area contributed by atoms with Gasteiger partial charge in [-0.3, -0.25) is 0 Å². The minimum absolute atomic E-state index is 0. The van der Waals surface area contributed by atoms with Gasteiger partial charge in [-0.15, -0.1) is 0 Å². The fourth-order valence-electron chi connectivity index (χ4n) is 0.116. The van der Waals surface area contributed by atoms with Crippen LogP contribution in [0, 0.1) is 0 Å². The van der Waals surface area contributed by atoms with Gasteiger partial charge in [-0.05, 0) is 0 Å². The average Bonchev–Trinajstić information content (AvgIpc) is 1.61. The number of hydrogen-bond acceptors (Lipinski definition) is 4. The number of nitrogens with one attached hydrogen (secondary N) is 1. The minimum Gasteiger partial charge on any atom is -0.841 e. The van der Waals surface area contributed by atoms with Crippen LogP contribution in [0.15, 0.2) is 0 Å². The number of hydroxylamine groups is 1. The Labute approximate surface area is 94.8 Å². The van der Waals surface area contributed by atoms with E-state index in [0.29, 0.717) is 0 Å². The first kappa shape index (κ1) is 12.5. The molecule has 0 saturated carbocycles. The Hall–Kier alpha value is 0.851. The monoisotopic (exact) mass is 157 g/mol. The van der Waals surface area contributed by atoms with Crippen LogP contribution in [0.4, 0.5) is 4.79 Å². The molecule has 0 aliphatic carbocycles. The van der Waals surface area contributed by atoms with E-state index < -0.39 is 13.3 Å². The molecule has 0 aromatic rings. The second-order valence-corrected chi connectivity index (χ2v) is 0.953. The van der Waals surface area contributed by atoms with Gasteiger partial charge in [0.2, 0.25) is 0 Å². The van der Waals surface area contributed by atoms with Crippen molar-refractivity contribution in [1.29, 1.82) is 0 Å². The van der Waals surface area contributed by atoms with Crippen LogP contribution in [0.25, 0.3) is 0 Å². The number of carbonyl (C=O) groups is 1. The van der Waals surface area contributed by atoms with Crippen molar-refractivity contribution in [3.05, 3.63) is 0 Å². The van der Waals surface area contributed by atoms with Gasteiger partial charge < -0.3 is 21.2 Å². The molecule has 0 radical (unpaired) electrons. The molecule has 6 nitrogen and oxygen atoms in total. The summed E-state index contributed by atoms with van der Waals surface area (Å²) in [5, 5.41) is 9.72. The predicted octanol–water partition coefficient (Wildman–Crippen LogP) is -6.11. The second kappa shape index (κ2) is 6.96. The van der Waals surface area contributed by atoms with Crippen molar-refractivity contribution in [3.8, 4) is 0 Å². The van der Waals surface area contributed by atoms with Crippen LogP contribution in [0.1, 0.15) is 0 Å². The van der Waals surface area contributed by atoms with Crippen LogP contribution >= 0.6 is 0 Å². The van der Waals surface area contributed by atoms with Gasteiger partial charge >= 0.3 is 64.7 Å². The Balaban J connectivity index is 0. The number of amides is 2. The Bertz CT molecular complexity index is 89.1. The van der Waals surface area contributed by atoms with Gasteiger partial charge in [0.15, 0.2) is 0 Å². The fourth-order valence-corrected chi connectivity index (χ4v) is 0.116. The van der Waals surface area contributed by atoms with E-state index in [1.54, 1.807) is 5.48 Å². The van der Waals surface area contributed by atoms with Crippen molar-refractivity contribution in [2.75, 3.05) is 0 Å². The predicted molar refractivity (Wildman–Crippen MR) is 23.7 cm³/mol. The molecule has 0 aliphatic heterocycles.